The minimum atomic E-state index is -4.64. The summed E-state index contributed by atoms with van der Waals surface area (Å²) in [4.78, 5) is 13.0. The topological polar surface area (TPSA) is 52.6 Å². The Labute approximate surface area is 120 Å². The zero-order valence-electron chi connectivity index (χ0n) is 11.1. The first-order valence-corrected chi connectivity index (χ1v) is 7.46. The van der Waals surface area contributed by atoms with Crippen molar-refractivity contribution in [3.8, 4) is 0 Å². The molecule has 0 atom stereocenters. The van der Waals surface area contributed by atoms with E-state index < -0.39 is 24.6 Å². The Bertz CT molecular complexity index is 342. The number of piperidine rings is 1. The number of nitrogens with one attached hydrogen (secondary N) is 1. The lowest BCUT2D eigenvalue weighted by Crippen LogP contribution is -2.55. The summed E-state index contributed by atoms with van der Waals surface area (Å²) in [6.45, 7) is 3.83. The van der Waals surface area contributed by atoms with Crippen LogP contribution in [0.25, 0.3) is 0 Å². The zero-order chi connectivity index (χ0) is 15.2. The van der Waals surface area contributed by atoms with Gasteiger partial charge in [-0.15, -0.1) is 6.58 Å². The number of rotatable bonds is 5. The second-order valence-electron chi connectivity index (χ2n) is 4.61. The van der Waals surface area contributed by atoms with Gasteiger partial charge >= 0.3 is 12.2 Å². The maximum absolute atomic E-state index is 12.6. The third-order valence-electron chi connectivity index (χ3n) is 3.16. The third-order valence-corrected chi connectivity index (χ3v) is 4.13. The first-order valence-electron chi connectivity index (χ1n) is 6.31. The summed E-state index contributed by atoms with van der Waals surface area (Å²) in [6, 6.07) is -0.381. The normalized spacial score (nSPS) is 18.7. The molecular weight excluding hydrogens is 293 g/mol. The van der Waals surface area contributed by atoms with Gasteiger partial charge in [0.1, 0.15) is 0 Å². The van der Waals surface area contributed by atoms with Crippen molar-refractivity contribution in [3.05, 3.63) is 12.7 Å². The summed E-state index contributed by atoms with van der Waals surface area (Å²) in [5.74, 6) is 1.51. The van der Waals surface area contributed by atoms with E-state index in [2.05, 4.69) is 11.9 Å². The molecule has 0 bridgehead atoms. The zero-order valence-corrected chi connectivity index (χ0v) is 11.9. The van der Waals surface area contributed by atoms with Crippen molar-refractivity contribution in [1.82, 2.24) is 10.2 Å². The highest BCUT2D eigenvalue weighted by Crippen LogP contribution is 2.38. The molecule has 2 amide bonds. The third kappa shape index (κ3) is 4.59. The number of alkyl halides is 3. The molecule has 1 saturated heterocycles. The van der Waals surface area contributed by atoms with Crippen LogP contribution in [0.2, 0.25) is 0 Å². The summed E-state index contributed by atoms with van der Waals surface area (Å²) in [6.07, 6.45) is -3.84. The number of urea groups is 1. The molecule has 1 heterocycles. The smallest absolute Gasteiger partial charge is 0.380 e. The fourth-order valence-electron chi connectivity index (χ4n) is 1.87. The molecule has 0 aromatic carbocycles. The first-order chi connectivity index (χ1) is 9.30. The summed E-state index contributed by atoms with van der Waals surface area (Å²) < 4.78 is 37.8. The van der Waals surface area contributed by atoms with Crippen molar-refractivity contribution in [2.45, 2.75) is 24.6 Å². The lowest BCUT2D eigenvalue weighted by Gasteiger charge is -2.39. The maximum atomic E-state index is 12.6. The van der Waals surface area contributed by atoms with Gasteiger partial charge in [0, 0.05) is 44.0 Å². The number of carbonyl (C=O) groups is 1. The second-order valence-corrected chi connectivity index (χ2v) is 5.76. The fourth-order valence-corrected chi connectivity index (χ4v) is 2.45. The van der Waals surface area contributed by atoms with Crippen LogP contribution in [0, 0.1) is 0 Å². The molecule has 0 spiro atoms. The molecule has 0 radical (unpaired) electrons. The van der Waals surface area contributed by atoms with Gasteiger partial charge in [0.15, 0.2) is 5.60 Å². The number of carbonyl (C=O) groups excluding carboxylic acids is 1. The molecule has 0 unspecified atom stereocenters. The Hall–Kier alpha value is -0.890. The summed E-state index contributed by atoms with van der Waals surface area (Å²) in [7, 11) is 0. The first kappa shape index (κ1) is 17.2. The van der Waals surface area contributed by atoms with E-state index in [0.717, 1.165) is 11.5 Å². The van der Waals surface area contributed by atoms with E-state index >= 15 is 0 Å². The summed E-state index contributed by atoms with van der Waals surface area (Å²) >= 11 is 1.60. The standard InChI is InChI=1S/C12H19F3N2O2S/c1-2-8-20-9-5-16-10(18)17-6-3-11(19,4-7-17)12(13,14)15/h2,19H,1,3-9H2,(H,16,18). The number of hydrogen-bond acceptors (Lipinski definition) is 3. The van der Waals surface area contributed by atoms with Crippen LogP contribution in [-0.2, 0) is 0 Å². The highest BCUT2D eigenvalue weighted by molar-refractivity contribution is 7.99. The van der Waals surface area contributed by atoms with Crippen LogP contribution in [0.4, 0.5) is 18.0 Å². The Morgan fingerprint density at radius 2 is 2.05 bits per heavy atom. The Morgan fingerprint density at radius 3 is 2.55 bits per heavy atom. The lowest BCUT2D eigenvalue weighted by atomic mass is 9.91. The van der Waals surface area contributed by atoms with Crippen LogP contribution in [0.5, 0.6) is 0 Å². The molecule has 1 fully saturated rings. The highest BCUT2D eigenvalue weighted by Gasteiger charge is 2.54. The summed E-state index contributed by atoms with van der Waals surface area (Å²) in [5, 5.41) is 12.1. The number of nitrogens with zero attached hydrogens (tertiary/aromatic N) is 1. The van der Waals surface area contributed by atoms with Gasteiger partial charge in [-0.2, -0.15) is 24.9 Å². The van der Waals surface area contributed by atoms with Gasteiger partial charge in [0.2, 0.25) is 0 Å². The molecule has 4 nitrogen and oxygen atoms in total. The van der Waals surface area contributed by atoms with Gasteiger partial charge in [0.25, 0.3) is 0 Å². The van der Waals surface area contributed by atoms with E-state index in [1.54, 1.807) is 17.8 Å². The molecule has 0 saturated carbocycles. The van der Waals surface area contributed by atoms with E-state index in [9.17, 15) is 23.1 Å². The average Bonchev–Trinajstić information content (AvgIpc) is 2.38. The summed E-state index contributed by atoms with van der Waals surface area (Å²) in [5.41, 5.74) is -2.66. The molecule has 1 rings (SSSR count). The SMILES string of the molecule is C=CCSCCNC(=O)N1CCC(O)(C(F)(F)F)CC1. The van der Waals surface area contributed by atoms with E-state index in [1.807, 2.05) is 0 Å². The minimum absolute atomic E-state index is 0.0956. The molecule has 8 heteroatoms. The Morgan fingerprint density at radius 1 is 1.45 bits per heavy atom. The molecule has 0 aromatic rings. The largest absolute Gasteiger partial charge is 0.417 e. The van der Waals surface area contributed by atoms with Crippen molar-refractivity contribution < 1.29 is 23.1 Å². The second kappa shape index (κ2) is 7.21. The number of likely N-dealkylation sites (tertiary alicyclic amines) is 1. The molecule has 1 aliphatic rings. The van der Waals surface area contributed by atoms with Crippen LogP contribution in [-0.4, -0.2) is 59.0 Å². The van der Waals surface area contributed by atoms with Gasteiger partial charge in [-0.05, 0) is 0 Å². The van der Waals surface area contributed by atoms with Gasteiger partial charge in [-0.3, -0.25) is 0 Å². The predicted molar refractivity (Wildman–Crippen MR) is 72.7 cm³/mol. The van der Waals surface area contributed by atoms with Gasteiger partial charge in [0.05, 0.1) is 0 Å². The quantitative estimate of drug-likeness (QED) is 0.603. The number of amides is 2. The lowest BCUT2D eigenvalue weighted by molar-refractivity contribution is -0.271. The number of hydrogen-bond donors (Lipinski definition) is 2. The van der Waals surface area contributed by atoms with Gasteiger partial charge in [-0.25, -0.2) is 4.79 Å². The van der Waals surface area contributed by atoms with Gasteiger partial charge < -0.3 is 15.3 Å². The predicted octanol–water partition coefficient (Wildman–Crippen LogP) is 2.00. The highest BCUT2D eigenvalue weighted by atomic mass is 32.2. The molecule has 0 aliphatic carbocycles. The number of thioether (sulfide) groups is 1. The van der Waals surface area contributed by atoms with Crippen molar-refractivity contribution in [2.75, 3.05) is 31.1 Å². The number of halogens is 3. The maximum Gasteiger partial charge on any atom is 0.417 e. The Balaban J connectivity index is 2.31. The van der Waals surface area contributed by atoms with E-state index in [0.29, 0.717) is 6.54 Å². The van der Waals surface area contributed by atoms with Crippen LogP contribution in [0.15, 0.2) is 12.7 Å². The van der Waals surface area contributed by atoms with Crippen LogP contribution < -0.4 is 5.32 Å². The fraction of sp³-hybridized carbons (Fsp3) is 0.750. The van der Waals surface area contributed by atoms with E-state index in [-0.39, 0.29) is 19.1 Å². The number of aliphatic hydroxyl groups is 1. The molecular formula is C12H19F3N2O2S. The van der Waals surface area contributed by atoms with Crippen LogP contribution in [0.1, 0.15) is 12.8 Å². The minimum Gasteiger partial charge on any atom is -0.380 e. The molecule has 1 aliphatic heterocycles. The molecule has 116 valence electrons. The van der Waals surface area contributed by atoms with E-state index in [1.165, 1.54) is 4.90 Å². The van der Waals surface area contributed by atoms with Crippen molar-refractivity contribution in [2.24, 2.45) is 0 Å². The Kier molecular flexibility index (Phi) is 6.19. The van der Waals surface area contributed by atoms with Crippen molar-refractivity contribution in [1.29, 1.82) is 0 Å². The molecule has 2 N–H and O–H groups in total. The van der Waals surface area contributed by atoms with Crippen LogP contribution >= 0.6 is 11.8 Å². The molecule has 20 heavy (non-hydrogen) atoms. The van der Waals surface area contributed by atoms with Gasteiger partial charge in [-0.1, -0.05) is 6.08 Å². The van der Waals surface area contributed by atoms with Crippen molar-refractivity contribution in [3.63, 3.8) is 0 Å². The van der Waals surface area contributed by atoms with Crippen LogP contribution in [0.3, 0.4) is 0 Å². The van der Waals surface area contributed by atoms with Crippen molar-refractivity contribution >= 4 is 17.8 Å². The average molecular weight is 312 g/mol. The monoisotopic (exact) mass is 312 g/mol. The van der Waals surface area contributed by atoms with E-state index in [4.69, 9.17) is 0 Å². The molecule has 0 aromatic heterocycles.